The molecule has 3 N–H and O–H groups in total. The molecule has 0 spiro atoms. The second-order valence-electron chi connectivity index (χ2n) is 7.50. The van der Waals surface area contributed by atoms with Gasteiger partial charge in [0.2, 0.25) is 11.9 Å². The molecule has 0 saturated carbocycles. The molecule has 1 aliphatic rings. The molecule has 8 heteroatoms. The largest absolute Gasteiger partial charge is 0.393 e. The molecule has 0 radical (unpaired) electrons. The molecule has 4 atom stereocenters. The molecule has 1 fully saturated rings. The van der Waals surface area contributed by atoms with Crippen LogP contribution in [0.15, 0.2) is 48.5 Å². The Balaban J connectivity index is 1.55. The Morgan fingerprint density at radius 3 is 2.70 bits per heavy atom. The molecule has 0 aliphatic carbocycles. The zero-order valence-electron chi connectivity index (χ0n) is 16.7. The Morgan fingerprint density at radius 2 is 1.97 bits per heavy atom. The number of nitrogens with zero attached hydrogens (tertiary/aromatic N) is 2. The number of nitrogens with one attached hydrogen (secondary N) is 2. The fourth-order valence-corrected chi connectivity index (χ4v) is 4.92. The molecule has 1 amide bonds. The van der Waals surface area contributed by atoms with Gasteiger partial charge in [0.05, 0.1) is 23.8 Å². The van der Waals surface area contributed by atoms with E-state index in [2.05, 4.69) is 44.9 Å². The molecular weight excluding hydrogens is 420 g/mol. The molecule has 0 bridgehead atoms. The summed E-state index contributed by atoms with van der Waals surface area (Å²) in [5.41, 5.74) is 1.69. The van der Waals surface area contributed by atoms with Crippen LogP contribution in [0, 0.1) is 5.92 Å². The number of aliphatic hydroxyl groups is 1. The summed E-state index contributed by atoms with van der Waals surface area (Å²) in [5, 5.41) is 16.4. The van der Waals surface area contributed by atoms with E-state index in [4.69, 9.17) is 11.6 Å². The third kappa shape index (κ3) is 4.33. The Morgan fingerprint density at radius 1 is 1.20 bits per heavy atom. The highest BCUT2D eigenvalue weighted by molar-refractivity contribution is 7.15. The van der Waals surface area contributed by atoms with Crippen LogP contribution in [-0.2, 0) is 4.79 Å². The number of carbonyl (C=O) groups excluding carboxylic acids is 1. The summed E-state index contributed by atoms with van der Waals surface area (Å²) in [6.07, 6.45) is -0.638. The van der Waals surface area contributed by atoms with Crippen molar-refractivity contribution in [2.24, 2.45) is 5.92 Å². The van der Waals surface area contributed by atoms with Gasteiger partial charge in [-0.25, -0.2) is 9.97 Å². The van der Waals surface area contributed by atoms with Crippen molar-refractivity contribution in [3.8, 4) is 10.4 Å². The Labute approximate surface area is 184 Å². The van der Waals surface area contributed by atoms with Gasteiger partial charge in [-0.05, 0) is 37.6 Å². The smallest absolute Gasteiger partial charge is 0.229 e. The first kappa shape index (κ1) is 20.8. The fourth-order valence-electron chi connectivity index (χ4n) is 3.71. The average molecular weight is 443 g/mol. The first-order valence-electron chi connectivity index (χ1n) is 9.84. The lowest BCUT2D eigenvalue weighted by Gasteiger charge is -2.20. The summed E-state index contributed by atoms with van der Waals surface area (Å²) in [6, 6.07) is 16.0. The van der Waals surface area contributed by atoms with E-state index in [9.17, 15) is 9.90 Å². The summed E-state index contributed by atoms with van der Waals surface area (Å²) in [5.74, 6) is -0.587. The van der Waals surface area contributed by atoms with Crippen LogP contribution in [-0.4, -0.2) is 33.6 Å². The van der Waals surface area contributed by atoms with E-state index in [1.165, 1.54) is 10.4 Å². The third-order valence-electron chi connectivity index (χ3n) is 5.33. The van der Waals surface area contributed by atoms with Gasteiger partial charge in [-0.1, -0.05) is 41.9 Å². The van der Waals surface area contributed by atoms with Crippen LogP contribution in [0.1, 0.15) is 36.4 Å². The van der Waals surface area contributed by atoms with Crippen LogP contribution in [0.5, 0.6) is 0 Å². The molecule has 6 nitrogen and oxygen atoms in total. The highest BCUT2D eigenvalue weighted by Crippen LogP contribution is 2.34. The molecular formula is C22H23ClN4O2S. The maximum absolute atomic E-state index is 12.3. The van der Waals surface area contributed by atoms with Gasteiger partial charge in [-0.2, -0.15) is 0 Å². The summed E-state index contributed by atoms with van der Waals surface area (Å²) >= 11 is 7.94. The predicted octanol–water partition coefficient (Wildman–Crippen LogP) is 4.24. The number of benzene rings is 1. The zero-order chi connectivity index (χ0) is 21.3. The number of halogens is 1. The molecule has 1 unspecified atom stereocenters. The third-order valence-corrected chi connectivity index (χ3v) is 6.84. The first-order valence-corrected chi connectivity index (χ1v) is 11.0. The molecule has 156 valence electrons. The number of hydrogen-bond donors (Lipinski definition) is 3. The van der Waals surface area contributed by atoms with Crippen LogP contribution < -0.4 is 10.6 Å². The quantitative estimate of drug-likeness (QED) is 0.497. The highest BCUT2D eigenvalue weighted by Gasteiger charge is 2.40. The maximum atomic E-state index is 12.3. The van der Waals surface area contributed by atoms with Gasteiger partial charge in [0, 0.05) is 22.2 Å². The number of amides is 1. The monoisotopic (exact) mass is 442 g/mol. The lowest BCUT2D eigenvalue weighted by Crippen LogP contribution is -2.25. The summed E-state index contributed by atoms with van der Waals surface area (Å²) in [6.45, 7) is 4.13. The van der Waals surface area contributed by atoms with Crippen molar-refractivity contribution < 1.29 is 9.90 Å². The molecule has 3 aromatic rings. The van der Waals surface area contributed by atoms with Crippen LogP contribution in [0.4, 0.5) is 5.95 Å². The highest BCUT2D eigenvalue weighted by atomic mass is 35.5. The minimum absolute atomic E-state index is 0.0382. The average Bonchev–Trinajstić information content (AvgIpc) is 3.35. The van der Waals surface area contributed by atoms with Crippen molar-refractivity contribution in [1.29, 1.82) is 0 Å². The number of hydrogen-bond acceptors (Lipinski definition) is 6. The number of thiophene rings is 1. The van der Waals surface area contributed by atoms with Gasteiger partial charge in [0.25, 0.3) is 0 Å². The van der Waals surface area contributed by atoms with Crippen LogP contribution >= 0.6 is 22.9 Å². The Bertz CT molecular complexity index is 1040. The molecule has 3 heterocycles. The maximum Gasteiger partial charge on any atom is 0.229 e. The van der Waals surface area contributed by atoms with Gasteiger partial charge in [-0.3, -0.25) is 4.79 Å². The normalized spacial score (nSPS) is 20.6. The standard InChI is InChI=1S/C22H23ClN4O2S/c1-12(17-8-9-18(30-17)14-6-4-3-5-7-14)25-22-26-16(10-19(23)27-22)20-15(13(2)28)11-24-21(20)29/h3-10,12-13,15,20,28H,11H2,1-2H3,(H,24,29)(H,25,26,27)/t12-,13+,15?,20+/m0/s1. The second kappa shape index (κ2) is 8.71. The number of rotatable bonds is 6. The minimum atomic E-state index is -0.638. The van der Waals surface area contributed by atoms with Crippen molar-refractivity contribution in [3.63, 3.8) is 0 Å². The summed E-state index contributed by atoms with van der Waals surface area (Å²) in [4.78, 5) is 23.5. The van der Waals surface area contributed by atoms with Crippen molar-refractivity contribution in [3.05, 3.63) is 64.3 Å². The van der Waals surface area contributed by atoms with Gasteiger partial charge in [0.15, 0.2) is 0 Å². The first-order chi connectivity index (χ1) is 14.4. The summed E-state index contributed by atoms with van der Waals surface area (Å²) < 4.78 is 0. The van der Waals surface area contributed by atoms with Gasteiger partial charge < -0.3 is 15.7 Å². The number of aliphatic hydroxyl groups excluding tert-OH is 1. The number of aromatic nitrogens is 2. The fraction of sp³-hybridized carbons (Fsp3) is 0.318. The number of carbonyl (C=O) groups is 1. The van der Waals surface area contributed by atoms with E-state index in [1.54, 1.807) is 24.3 Å². The van der Waals surface area contributed by atoms with Crippen molar-refractivity contribution >= 4 is 34.8 Å². The molecule has 2 aromatic heterocycles. The van der Waals surface area contributed by atoms with Crippen LogP contribution in [0.25, 0.3) is 10.4 Å². The number of anilines is 1. The van der Waals surface area contributed by atoms with Crippen molar-refractivity contribution in [2.45, 2.75) is 31.9 Å². The second-order valence-corrected chi connectivity index (χ2v) is 9.00. The molecule has 1 aliphatic heterocycles. The van der Waals surface area contributed by atoms with E-state index in [0.717, 1.165) is 4.88 Å². The van der Waals surface area contributed by atoms with Crippen molar-refractivity contribution in [1.82, 2.24) is 15.3 Å². The van der Waals surface area contributed by atoms with E-state index in [1.807, 2.05) is 25.1 Å². The van der Waals surface area contributed by atoms with E-state index in [-0.39, 0.29) is 23.0 Å². The SMILES string of the molecule is C[C@H](Nc1nc(Cl)cc([C@@H]2C(=O)NCC2[C@@H](C)O)n1)c1ccc(-c2ccccc2)s1. The van der Waals surface area contributed by atoms with E-state index < -0.39 is 12.0 Å². The van der Waals surface area contributed by atoms with Crippen molar-refractivity contribution in [2.75, 3.05) is 11.9 Å². The molecule has 1 aromatic carbocycles. The van der Waals surface area contributed by atoms with Gasteiger partial charge in [-0.15, -0.1) is 11.3 Å². The minimum Gasteiger partial charge on any atom is -0.393 e. The zero-order valence-corrected chi connectivity index (χ0v) is 18.2. The topological polar surface area (TPSA) is 87.1 Å². The van der Waals surface area contributed by atoms with Crippen LogP contribution in [0.2, 0.25) is 5.15 Å². The molecule has 4 rings (SSSR count). The van der Waals surface area contributed by atoms with Crippen LogP contribution in [0.3, 0.4) is 0 Å². The van der Waals surface area contributed by atoms with Gasteiger partial charge >= 0.3 is 0 Å². The molecule has 1 saturated heterocycles. The molecule has 30 heavy (non-hydrogen) atoms. The Kier molecular flexibility index (Phi) is 6.04. The summed E-state index contributed by atoms with van der Waals surface area (Å²) in [7, 11) is 0. The van der Waals surface area contributed by atoms with E-state index in [0.29, 0.717) is 18.2 Å². The lowest BCUT2D eigenvalue weighted by molar-refractivity contribution is -0.121. The Hall–Kier alpha value is -2.48. The van der Waals surface area contributed by atoms with Gasteiger partial charge in [0.1, 0.15) is 5.15 Å². The lowest BCUT2D eigenvalue weighted by atomic mass is 9.88. The van der Waals surface area contributed by atoms with E-state index >= 15 is 0 Å². The predicted molar refractivity (Wildman–Crippen MR) is 120 cm³/mol.